The van der Waals surface area contributed by atoms with Gasteiger partial charge in [0.15, 0.2) is 5.75 Å². The molecule has 0 radical (unpaired) electrons. The topological polar surface area (TPSA) is 95.0 Å². The van der Waals surface area contributed by atoms with Gasteiger partial charge in [-0.1, -0.05) is 25.1 Å². The molecule has 2 N–H and O–H groups in total. The first-order valence-electron chi connectivity index (χ1n) is 13.3. The van der Waals surface area contributed by atoms with Crippen molar-refractivity contribution >= 4 is 17.5 Å². The van der Waals surface area contributed by atoms with E-state index >= 15 is 0 Å². The molecule has 0 fully saturated rings. The number of rotatable bonds is 8. The van der Waals surface area contributed by atoms with Gasteiger partial charge >= 0.3 is 6.18 Å². The van der Waals surface area contributed by atoms with Crippen LogP contribution in [0.3, 0.4) is 0 Å². The van der Waals surface area contributed by atoms with Crippen LogP contribution in [-0.2, 0) is 12.7 Å². The maximum Gasteiger partial charge on any atom is 0.416 e. The van der Waals surface area contributed by atoms with Crippen molar-refractivity contribution in [3.63, 3.8) is 0 Å². The van der Waals surface area contributed by atoms with Gasteiger partial charge in [0.25, 0.3) is 11.8 Å². The van der Waals surface area contributed by atoms with E-state index in [2.05, 4.69) is 10.3 Å². The summed E-state index contributed by atoms with van der Waals surface area (Å²) in [5.74, 6) is -0.705. The number of para-hydroxylation sites is 1. The number of anilines is 1. The molecule has 1 aliphatic rings. The van der Waals surface area contributed by atoms with Crippen LogP contribution < -0.4 is 10.1 Å². The smallest absolute Gasteiger partial charge is 0.416 e. The van der Waals surface area contributed by atoms with Gasteiger partial charge in [-0.2, -0.15) is 13.2 Å². The predicted molar refractivity (Wildman–Crippen MR) is 148 cm³/mol. The van der Waals surface area contributed by atoms with Gasteiger partial charge in [0.05, 0.1) is 29.5 Å². The Morgan fingerprint density at radius 3 is 2.49 bits per heavy atom. The first-order valence-corrected chi connectivity index (χ1v) is 13.3. The molecule has 2 heterocycles. The van der Waals surface area contributed by atoms with Crippen molar-refractivity contribution in [1.29, 1.82) is 0 Å². The van der Waals surface area contributed by atoms with Gasteiger partial charge in [0.1, 0.15) is 6.10 Å². The van der Waals surface area contributed by atoms with Crippen molar-refractivity contribution in [3.8, 4) is 5.75 Å². The first-order chi connectivity index (χ1) is 19.5. The fourth-order valence-corrected chi connectivity index (χ4v) is 4.74. The molecule has 0 saturated carbocycles. The molecule has 0 saturated heterocycles. The second-order valence-corrected chi connectivity index (χ2v) is 10.4. The Labute approximate surface area is 236 Å². The van der Waals surface area contributed by atoms with Gasteiger partial charge in [0.2, 0.25) is 0 Å². The van der Waals surface area contributed by atoms with Crippen LogP contribution in [0.5, 0.6) is 5.75 Å². The summed E-state index contributed by atoms with van der Waals surface area (Å²) in [5, 5.41) is 12.7. The Kier molecular flexibility index (Phi) is 9.29. The zero-order chi connectivity index (χ0) is 29.7. The van der Waals surface area contributed by atoms with Crippen LogP contribution in [0.15, 0.2) is 67.0 Å². The standard InChI is InChI=1S/C30H33F3N4O4/c1-19-15-37(20(2)18-38)29(40)24-5-4-6-25(35-28(39)22-11-13-34-14-12-22)27(24)41-26(19)17-36(3)16-21-7-9-23(10-8-21)30(31,32)33/h4-14,19-20,26,38H,15-18H2,1-3H3,(H,35,39)/t19-,20+,26-/m0/s1. The first kappa shape index (κ1) is 30.0. The van der Waals surface area contributed by atoms with E-state index in [0.29, 0.717) is 36.4 Å². The number of aromatic nitrogens is 1. The summed E-state index contributed by atoms with van der Waals surface area (Å²) in [6.45, 7) is 4.52. The molecule has 2 amide bonds. The predicted octanol–water partition coefficient (Wildman–Crippen LogP) is 4.70. The van der Waals surface area contributed by atoms with Gasteiger partial charge in [-0.15, -0.1) is 0 Å². The number of nitrogens with zero attached hydrogens (tertiary/aromatic N) is 3. The van der Waals surface area contributed by atoms with Gasteiger partial charge in [-0.3, -0.25) is 19.5 Å². The zero-order valence-corrected chi connectivity index (χ0v) is 23.1. The highest BCUT2D eigenvalue weighted by Crippen LogP contribution is 2.35. The van der Waals surface area contributed by atoms with Crippen LogP contribution in [0, 0.1) is 5.92 Å². The molecule has 4 rings (SSSR count). The lowest BCUT2D eigenvalue weighted by Crippen LogP contribution is -2.49. The Hall–Kier alpha value is -3.96. The molecule has 11 heteroatoms. The maximum atomic E-state index is 13.6. The molecule has 3 aromatic rings. The normalized spacial score (nSPS) is 18.2. The lowest BCUT2D eigenvalue weighted by Gasteiger charge is -2.38. The van der Waals surface area contributed by atoms with E-state index in [4.69, 9.17) is 4.74 Å². The molecule has 41 heavy (non-hydrogen) atoms. The summed E-state index contributed by atoms with van der Waals surface area (Å²) in [4.78, 5) is 34.1. The Bertz CT molecular complexity index is 1350. The number of carbonyl (C=O) groups is 2. The number of pyridine rings is 1. The largest absolute Gasteiger partial charge is 0.486 e. The fraction of sp³-hybridized carbons (Fsp3) is 0.367. The summed E-state index contributed by atoms with van der Waals surface area (Å²) < 4.78 is 45.4. The highest BCUT2D eigenvalue weighted by atomic mass is 19.4. The van der Waals surface area contributed by atoms with Crippen LogP contribution in [0.1, 0.15) is 45.7 Å². The maximum absolute atomic E-state index is 13.6. The molecule has 8 nitrogen and oxygen atoms in total. The van der Waals surface area contributed by atoms with E-state index in [1.807, 2.05) is 18.9 Å². The monoisotopic (exact) mass is 570 g/mol. The number of ether oxygens (including phenoxy) is 1. The number of amides is 2. The summed E-state index contributed by atoms with van der Waals surface area (Å²) in [5.41, 5.74) is 0.947. The number of aliphatic hydroxyl groups is 1. The molecule has 0 unspecified atom stereocenters. The summed E-state index contributed by atoms with van der Waals surface area (Å²) in [7, 11) is 1.84. The van der Waals surface area contributed by atoms with Crippen LogP contribution in [0.4, 0.5) is 18.9 Å². The molecule has 2 aromatic carbocycles. The van der Waals surface area contributed by atoms with E-state index in [9.17, 15) is 27.9 Å². The molecule has 1 aliphatic heterocycles. The minimum atomic E-state index is -4.40. The lowest BCUT2D eigenvalue weighted by molar-refractivity contribution is -0.137. The Morgan fingerprint density at radius 2 is 1.85 bits per heavy atom. The van der Waals surface area contributed by atoms with E-state index in [-0.39, 0.29) is 29.7 Å². The van der Waals surface area contributed by atoms with Crippen molar-refractivity contribution in [2.24, 2.45) is 5.92 Å². The van der Waals surface area contributed by atoms with Crippen LogP contribution in [-0.4, -0.2) is 70.6 Å². The third kappa shape index (κ3) is 7.22. The third-order valence-corrected chi connectivity index (χ3v) is 7.11. The second kappa shape index (κ2) is 12.7. The second-order valence-electron chi connectivity index (χ2n) is 10.4. The van der Waals surface area contributed by atoms with E-state index in [1.165, 1.54) is 24.5 Å². The van der Waals surface area contributed by atoms with Crippen molar-refractivity contribution in [2.75, 3.05) is 32.1 Å². The van der Waals surface area contributed by atoms with Gasteiger partial charge in [-0.25, -0.2) is 0 Å². The average molecular weight is 571 g/mol. The number of halogens is 3. The van der Waals surface area contributed by atoms with Gasteiger partial charge < -0.3 is 20.1 Å². The molecule has 218 valence electrons. The minimum Gasteiger partial charge on any atom is -0.486 e. The summed E-state index contributed by atoms with van der Waals surface area (Å²) in [6.07, 6.45) is -1.86. The number of fused-ring (bicyclic) bond motifs is 1. The number of carbonyl (C=O) groups excluding carboxylic acids is 2. The molecular weight excluding hydrogens is 537 g/mol. The number of alkyl halides is 3. The SMILES string of the molecule is C[C@H](CO)N1C[C@H](C)[C@H](CN(C)Cc2ccc(C(F)(F)F)cc2)Oc2c(NC(=O)c3ccncc3)cccc2C1=O. The molecule has 3 atom stereocenters. The van der Waals surface area contributed by atoms with E-state index in [1.54, 1.807) is 42.2 Å². The molecule has 0 spiro atoms. The van der Waals surface area contributed by atoms with Crippen molar-refractivity contribution in [1.82, 2.24) is 14.8 Å². The Morgan fingerprint density at radius 1 is 1.17 bits per heavy atom. The van der Waals surface area contributed by atoms with Crippen LogP contribution in [0.2, 0.25) is 0 Å². The zero-order valence-electron chi connectivity index (χ0n) is 23.1. The molecule has 0 aliphatic carbocycles. The molecule has 0 bridgehead atoms. The van der Waals surface area contributed by atoms with Gasteiger partial charge in [0, 0.05) is 43.5 Å². The number of benzene rings is 2. The summed E-state index contributed by atoms with van der Waals surface area (Å²) >= 11 is 0. The van der Waals surface area contributed by atoms with Crippen molar-refractivity contribution in [2.45, 2.75) is 38.7 Å². The highest BCUT2D eigenvalue weighted by Gasteiger charge is 2.35. The fourth-order valence-electron chi connectivity index (χ4n) is 4.74. The van der Waals surface area contributed by atoms with Crippen LogP contribution in [0.25, 0.3) is 0 Å². The number of hydrogen-bond acceptors (Lipinski definition) is 6. The molecule has 1 aromatic heterocycles. The quantitative estimate of drug-likeness (QED) is 0.408. The van der Waals surface area contributed by atoms with Crippen molar-refractivity contribution in [3.05, 3.63) is 89.2 Å². The van der Waals surface area contributed by atoms with Crippen LogP contribution >= 0.6 is 0 Å². The number of aliphatic hydroxyl groups excluding tert-OH is 1. The average Bonchev–Trinajstić information content (AvgIpc) is 2.95. The Balaban J connectivity index is 1.63. The van der Waals surface area contributed by atoms with E-state index in [0.717, 1.165) is 12.1 Å². The summed E-state index contributed by atoms with van der Waals surface area (Å²) in [6, 6.07) is 12.6. The van der Waals surface area contributed by atoms with Crippen molar-refractivity contribution < 1.29 is 32.6 Å². The van der Waals surface area contributed by atoms with E-state index < -0.39 is 29.8 Å². The number of likely N-dealkylation sites (N-methyl/N-ethyl adjacent to an activating group) is 1. The molecular formula is C30H33F3N4O4. The minimum absolute atomic E-state index is 0.194. The van der Waals surface area contributed by atoms with Gasteiger partial charge in [-0.05, 0) is 55.9 Å². The lowest BCUT2D eigenvalue weighted by atomic mass is 9.98. The highest BCUT2D eigenvalue weighted by molar-refractivity contribution is 6.07. The number of nitrogens with one attached hydrogen (secondary N) is 1. The third-order valence-electron chi connectivity index (χ3n) is 7.11. The number of hydrogen-bond donors (Lipinski definition) is 2.